The van der Waals surface area contributed by atoms with E-state index in [1.54, 1.807) is 6.20 Å². The molecule has 0 amide bonds. The maximum Gasteiger partial charge on any atom is 0.153 e. The molecular formula is C11H8FNO2S. The molecule has 1 aromatic carbocycles. The van der Waals surface area contributed by atoms with Gasteiger partial charge in [-0.2, -0.15) is 0 Å². The molecule has 16 heavy (non-hydrogen) atoms. The highest BCUT2D eigenvalue weighted by Crippen LogP contribution is 2.19. The molecule has 0 saturated carbocycles. The van der Waals surface area contributed by atoms with Crippen LogP contribution in [0, 0.1) is 5.82 Å². The molecule has 0 aliphatic rings. The minimum Gasteiger partial charge on any atom is -0.486 e. The third-order valence-corrected chi connectivity index (χ3v) is 2.69. The molecule has 0 aliphatic carbocycles. The van der Waals surface area contributed by atoms with Crippen LogP contribution in [-0.2, 0) is 6.61 Å². The van der Waals surface area contributed by atoms with E-state index in [1.165, 1.54) is 23.5 Å². The van der Waals surface area contributed by atoms with Gasteiger partial charge in [0.1, 0.15) is 23.2 Å². The minimum absolute atomic E-state index is 0.205. The van der Waals surface area contributed by atoms with Crippen LogP contribution in [0.3, 0.4) is 0 Å². The second-order valence-corrected chi connectivity index (χ2v) is 3.99. The van der Waals surface area contributed by atoms with E-state index in [0.717, 1.165) is 11.1 Å². The first-order valence-electron chi connectivity index (χ1n) is 4.55. The Labute approximate surface area is 95.5 Å². The minimum atomic E-state index is -0.455. The standard InChI is InChI=1S/C11H8FNO2S/c12-9-1-2-10(8(5-9)6-14)15-7-11-13-3-4-16-11/h1-6H,7H2. The lowest BCUT2D eigenvalue weighted by atomic mass is 10.2. The number of thiazole rings is 1. The van der Waals surface area contributed by atoms with E-state index in [4.69, 9.17) is 4.74 Å². The van der Waals surface area contributed by atoms with Gasteiger partial charge in [0.15, 0.2) is 6.29 Å². The Morgan fingerprint density at radius 2 is 2.38 bits per heavy atom. The molecule has 82 valence electrons. The zero-order chi connectivity index (χ0) is 11.4. The van der Waals surface area contributed by atoms with Crippen LogP contribution >= 0.6 is 11.3 Å². The molecule has 5 heteroatoms. The van der Waals surface area contributed by atoms with E-state index in [0.29, 0.717) is 12.0 Å². The normalized spacial score (nSPS) is 10.1. The molecule has 0 fully saturated rings. The molecule has 0 spiro atoms. The van der Waals surface area contributed by atoms with Crippen molar-refractivity contribution < 1.29 is 13.9 Å². The quantitative estimate of drug-likeness (QED) is 0.767. The molecule has 1 heterocycles. The van der Waals surface area contributed by atoms with Crippen molar-refractivity contribution in [2.24, 2.45) is 0 Å². The van der Waals surface area contributed by atoms with Gasteiger partial charge in [-0.3, -0.25) is 4.79 Å². The summed E-state index contributed by atoms with van der Waals surface area (Å²) < 4.78 is 18.2. The largest absolute Gasteiger partial charge is 0.486 e. The van der Waals surface area contributed by atoms with E-state index in [-0.39, 0.29) is 12.2 Å². The number of hydrogen-bond donors (Lipinski definition) is 0. The van der Waals surface area contributed by atoms with Crippen molar-refractivity contribution in [3.8, 4) is 5.75 Å². The fourth-order valence-corrected chi connectivity index (χ4v) is 1.73. The first kappa shape index (κ1) is 10.8. The van der Waals surface area contributed by atoms with Crippen LogP contribution in [0.1, 0.15) is 15.4 Å². The summed E-state index contributed by atoms with van der Waals surface area (Å²) in [6.45, 7) is 0.282. The summed E-state index contributed by atoms with van der Waals surface area (Å²) in [7, 11) is 0. The van der Waals surface area contributed by atoms with Crippen molar-refractivity contribution in [2.45, 2.75) is 6.61 Å². The summed E-state index contributed by atoms with van der Waals surface area (Å²) in [6, 6.07) is 3.83. The number of hydrogen-bond acceptors (Lipinski definition) is 4. The van der Waals surface area contributed by atoms with Gasteiger partial charge < -0.3 is 4.74 Å². The first-order chi connectivity index (χ1) is 7.79. The number of rotatable bonds is 4. The number of benzene rings is 1. The maximum atomic E-state index is 12.8. The molecule has 1 aromatic heterocycles. The number of ether oxygens (including phenoxy) is 1. The van der Waals surface area contributed by atoms with Crippen LogP contribution in [0.25, 0.3) is 0 Å². The third-order valence-electron chi connectivity index (χ3n) is 1.93. The summed E-state index contributed by atoms with van der Waals surface area (Å²) >= 11 is 1.46. The van der Waals surface area contributed by atoms with E-state index >= 15 is 0 Å². The first-order valence-corrected chi connectivity index (χ1v) is 5.43. The second kappa shape index (κ2) is 4.85. The molecule has 0 N–H and O–H groups in total. The van der Waals surface area contributed by atoms with Gasteiger partial charge in [0.25, 0.3) is 0 Å². The van der Waals surface area contributed by atoms with Crippen LogP contribution < -0.4 is 4.74 Å². The Bertz CT molecular complexity index is 485. The number of nitrogens with zero attached hydrogens (tertiary/aromatic N) is 1. The fourth-order valence-electron chi connectivity index (χ4n) is 1.21. The van der Waals surface area contributed by atoms with Crippen molar-refractivity contribution in [2.75, 3.05) is 0 Å². The van der Waals surface area contributed by atoms with Gasteiger partial charge in [-0.15, -0.1) is 11.3 Å². The van der Waals surface area contributed by atoms with Crippen molar-refractivity contribution in [1.82, 2.24) is 4.98 Å². The average molecular weight is 237 g/mol. The van der Waals surface area contributed by atoms with Crippen LogP contribution in [0.5, 0.6) is 5.75 Å². The number of carbonyl (C=O) groups is 1. The summed E-state index contributed by atoms with van der Waals surface area (Å²) in [5.41, 5.74) is 0.205. The van der Waals surface area contributed by atoms with Gasteiger partial charge >= 0.3 is 0 Å². The second-order valence-electron chi connectivity index (χ2n) is 3.01. The maximum absolute atomic E-state index is 12.8. The Morgan fingerprint density at radius 1 is 1.50 bits per heavy atom. The molecule has 0 radical (unpaired) electrons. The predicted octanol–water partition coefficient (Wildman–Crippen LogP) is 2.67. The number of carbonyl (C=O) groups excluding carboxylic acids is 1. The number of aldehydes is 1. The van der Waals surface area contributed by atoms with Crippen LogP contribution in [0.15, 0.2) is 29.8 Å². The SMILES string of the molecule is O=Cc1cc(F)ccc1OCc1nccs1. The van der Waals surface area contributed by atoms with Crippen LogP contribution in [0.4, 0.5) is 4.39 Å². The Balaban J connectivity index is 2.12. The molecule has 0 atom stereocenters. The van der Waals surface area contributed by atoms with E-state index in [9.17, 15) is 9.18 Å². The topological polar surface area (TPSA) is 39.2 Å². The van der Waals surface area contributed by atoms with Gasteiger partial charge in [-0.1, -0.05) is 0 Å². The third kappa shape index (κ3) is 2.43. The highest BCUT2D eigenvalue weighted by molar-refractivity contribution is 7.09. The Morgan fingerprint density at radius 3 is 3.06 bits per heavy atom. The van der Waals surface area contributed by atoms with Crippen molar-refractivity contribution >= 4 is 17.6 Å². The number of halogens is 1. The van der Waals surface area contributed by atoms with Gasteiger partial charge in [0.2, 0.25) is 0 Å². The molecule has 0 unspecified atom stereocenters. The Kier molecular flexibility index (Phi) is 3.26. The lowest BCUT2D eigenvalue weighted by molar-refractivity contribution is 0.111. The summed E-state index contributed by atoms with van der Waals surface area (Å²) in [5, 5.41) is 2.64. The van der Waals surface area contributed by atoms with Gasteiger partial charge in [-0.05, 0) is 18.2 Å². The Hall–Kier alpha value is -1.75. The lowest BCUT2D eigenvalue weighted by Crippen LogP contribution is -1.98. The molecule has 0 saturated heterocycles. The molecular weight excluding hydrogens is 229 g/mol. The molecule has 2 aromatic rings. The highest BCUT2D eigenvalue weighted by Gasteiger charge is 2.05. The van der Waals surface area contributed by atoms with Crippen molar-refractivity contribution in [1.29, 1.82) is 0 Å². The van der Waals surface area contributed by atoms with E-state index < -0.39 is 5.82 Å². The van der Waals surface area contributed by atoms with Crippen LogP contribution in [0.2, 0.25) is 0 Å². The molecule has 0 bridgehead atoms. The van der Waals surface area contributed by atoms with E-state index in [1.807, 2.05) is 5.38 Å². The fraction of sp³-hybridized carbons (Fsp3) is 0.0909. The average Bonchev–Trinajstić information content (AvgIpc) is 2.80. The molecule has 3 nitrogen and oxygen atoms in total. The highest BCUT2D eigenvalue weighted by atomic mass is 32.1. The smallest absolute Gasteiger partial charge is 0.153 e. The monoisotopic (exact) mass is 237 g/mol. The zero-order valence-corrected chi connectivity index (χ0v) is 9.04. The summed E-state index contributed by atoms with van der Waals surface area (Å²) in [5.74, 6) is -0.0877. The molecule has 2 rings (SSSR count). The van der Waals surface area contributed by atoms with Crippen LogP contribution in [-0.4, -0.2) is 11.3 Å². The molecule has 0 aliphatic heterocycles. The van der Waals surface area contributed by atoms with Gasteiger partial charge in [0.05, 0.1) is 5.56 Å². The van der Waals surface area contributed by atoms with Crippen molar-refractivity contribution in [3.63, 3.8) is 0 Å². The number of aromatic nitrogens is 1. The predicted molar refractivity (Wildman–Crippen MR) is 58.2 cm³/mol. The zero-order valence-electron chi connectivity index (χ0n) is 8.22. The van der Waals surface area contributed by atoms with E-state index in [2.05, 4.69) is 4.98 Å². The summed E-state index contributed by atoms with van der Waals surface area (Å²) in [6.07, 6.45) is 2.24. The van der Waals surface area contributed by atoms with Gasteiger partial charge in [-0.25, -0.2) is 9.37 Å². The lowest BCUT2D eigenvalue weighted by Gasteiger charge is -2.06. The van der Waals surface area contributed by atoms with Gasteiger partial charge in [0, 0.05) is 11.6 Å². The van der Waals surface area contributed by atoms with Crippen molar-refractivity contribution in [3.05, 3.63) is 46.2 Å². The summed E-state index contributed by atoms with van der Waals surface area (Å²) in [4.78, 5) is 14.7.